The maximum atomic E-state index is 11.6. The van der Waals surface area contributed by atoms with Gasteiger partial charge in [-0.1, -0.05) is 4.48 Å². The molecule has 0 aliphatic heterocycles. The molecule has 9 heavy (non-hydrogen) atoms. The van der Waals surface area contributed by atoms with Crippen molar-refractivity contribution >= 4 is 0 Å². The van der Waals surface area contributed by atoms with Crippen molar-refractivity contribution in [2.45, 2.75) is 0 Å². The lowest BCUT2D eigenvalue weighted by Crippen LogP contribution is -2.17. The first-order chi connectivity index (χ1) is 4.16. The predicted octanol–water partition coefficient (Wildman–Crippen LogP) is 0.725. The summed E-state index contributed by atoms with van der Waals surface area (Å²) in [7, 11) is 0. The molecule has 0 saturated heterocycles. The van der Waals surface area contributed by atoms with E-state index in [9.17, 15) is 13.4 Å². The molecule has 0 aromatic heterocycles. The van der Waals surface area contributed by atoms with Gasteiger partial charge in [-0.05, 0) is 0 Å². The number of hydrogen-bond donors (Lipinski definition) is 0. The van der Waals surface area contributed by atoms with Crippen molar-refractivity contribution < 1.29 is 13.4 Å². The molecule has 0 aromatic rings. The minimum atomic E-state index is -1.19. The van der Waals surface area contributed by atoms with Crippen LogP contribution in [0.25, 0.3) is 0 Å². The van der Waals surface area contributed by atoms with Crippen LogP contribution >= 0.6 is 0 Å². The summed E-state index contributed by atoms with van der Waals surface area (Å²) >= 11 is 0. The molecule has 0 aliphatic rings. The van der Waals surface area contributed by atoms with Gasteiger partial charge < -0.3 is 0 Å². The van der Waals surface area contributed by atoms with Crippen molar-refractivity contribution in [3.05, 3.63) is 0 Å². The molecular weight excluding hydrogens is 135 g/mol. The van der Waals surface area contributed by atoms with Crippen LogP contribution in [0.3, 0.4) is 0 Å². The molecule has 6 heteroatoms. The zero-order valence-corrected chi connectivity index (χ0v) is 4.39. The molecule has 0 fully saturated rings. The van der Waals surface area contributed by atoms with Crippen molar-refractivity contribution in [1.29, 1.82) is 5.26 Å². The first-order valence-corrected chi connectivity index (χ1v) is 2.09. The molecule has 0 rings (SSSR count). The molecule has 0 saturated carbocycles. The minimum Gasteiger partial charge on any atom is -0.170 e. The third kappa shape index (κ3) is 4.90. The summed E-state index contributed by atoms with van der Waals surface area (Å²) in [6.45, 7) is -1.38. The molecule has 0 bridgehead atoms. The van der Waals surface area contributed by atoms with Crippen LogP contribution in [0.5, 0.6) is 0 Å². The molecule has 0 spiro atoms. The third-order valence-corrected chi connectivity index (χ3v) is 0.574. The lowest BCUT2D eigenvalue weighted by atomic mass is 10.6. The maximum Gasteiger partial charge on any atom is 0.210 e. The molecule has 0 amide bonds. The van der Waals surface area contributed by atoms with Gasteiger partial charge in [0.1, 0.15) is 0 Å². The Bertz CT molecular complexity index is 109. The Labute approximate surface area is 49.7 Å². The van der Waals surface area contributed by atoms with Crippen LogP contribution in [-0.4, -0.2) is 23.6 Å². The van der Waals surface area contributed by atoms with E-state index < -0.39 is 18.4 Å². The molecular formula is C3H4F3N3. The fourth-order valence-electron chi connectivity index (χ4n) is 0.213. The van der Waals surface area contributed by atoms with Crippen molar-refractivity contribution in [3.8, 4) is 6.19 Å². The average Bonchev–Trinajstić information content (AvgIpc) is 1.83. The molecule has 0 aliphatic carbocycles. The number of nitrogens with zero attached hydrogens (tertiary/aromatic N) is 3. The Kier molecular flexibility index (Phi) is 3.55. The monoisotopic (exact) mass is 139 g/mol. The summed E-state index contributed by atoms with van der Waals surface area (Å²) < 4.78 is 33.7. The summed E-state index contributed by atoms with van der Waals surface area (Å²) in [5, 5.41) is 6.13. The number of halogens is 3. The quantitative estimate of drug-likeness (QED) is 0.328. The zero-order chi connectivity index (χ0) is 7.28. The Morgan fingerprint density at radius 2 is 1.78 bits per heavy atom. The summed E-state index contributed by atoms with van der Waals surface area (Å²) in [5.41, 5.74) is 0. The number of rotatable bonds is 3. The summed E-state index contributed by atoms with van der Waals surface area (Å²) in [6, 6.07) is 0. The van der Waals surface area contributed by atoms with Gasteiger partial charge in [0, 0.05) is 5.34 Å². The summed E-state index contributed by atoms with van der Waals surface area (Å²) in [5.74, 6) is 0. The Hall–Kier alpha value is -0.960. The lowest BCUT2D eigenvalue weighted by Gasteiger charge is -2.01. The second-order valence-electron chi connectivity index (χ2n) is 1.21. The van der Waals surface area contributed by atoms with Gasteiger partial charge in [0.15, 0.2) is 0 Å². The van der Waals surface area contributed by atoms with Gasteiger partial charge in [-0.15, -0.1) is 14.1 Å². The van der Waals surface area contributed by atoms with Crippen LogP contribution in [0.2, 0.25) is 0 Å². The van der Waals surface area contributed by atoms with Gasteiger partial charge in [-0.3, -0.25) is 0 Å². The second kappa shape index (κ2) is 3.97. The van der Waals surface area contributed by atoms with Crippen LogP contribution in [0, 0.1) is 11.5 Å². The SMILES string of the molecule is N#CN(F)CCN(F)F. The molecule has 3 nitrogen and oxygen atoms in total. The van der Waals surface area contributed by atoms with Crippen LogP contribution in [-0.2, 0) is 0 Å². The topological polar surface area (TPSA) is 30.3 Å². The van der Waals surface area contributed by atoms with Gasteiger partial charge in [-0.25, -0.2) is 0 Å². The van der Waals surface area contributed by atoms with Gasteiger partial charge >= 0.3 is 0 Å². The van der Waals surface area contributed by atoms with Gasteiger partial charge in [0.25, 0.3) is 0 Å². The predicted molar refractivity (Wildman–Crippen MR) is 22.3 cm³/mol. The first kappa shape index (κ1) is 8.04. The molecule has 0 radical (unpaired) electrons. The fraction of sp³-hybridized carbons (Fsp3) is 0.667. The maximum absolute atomic E-state index is 11.6. The molecule has 0 atom stereocenters. The van der Waals surface area contributed by atoms with Gasteiger partial charge in [0.2, 0.25) is 6.19 Å². The molecule has 52 valence electrons. The number of hydrogen-bond acceptors (Lipinski definition) is 3. The Morgan fingerprint density at radius 3 is 2.11 bits per heavy atom. The van der Waals surface area contributed by atoms with E-state index in [4.69, 9.17) is 5.26 Å². The fourth-order valence-corrected chi connectivity index (χ4v) is 0.213. The minimum absolute atomic E-state index is 0.369. The van der Waals surface area contributed by atoms with Crippen molar-refractivity contribution in [1.82, 2.24) is 10.5 Å². The lowest BCUT2D eigenvalue weighted by molar-refractivity contribution is -0.159. The molecule has 0 N–H and O–H groups in total. The molecule has 0 unspecified atom stereocenters. The van der Waals surface area contributed by atoms with E-state index in [1.54, 1.807) is 0 Å². The highest BCUT2D eigenvalue weighted by molar-refractivity contribution is 4.62. The average molecular weight is 139 g/mol. The Balaban J connectivity index is 3.19. The third-order valence-electron chi connectivity index (χ3n) is 0.574. The van der Waals surface area contributed by atoms with E-state index in [-0.39, 0.29) is 5.12 Å². The van der Waals surface area contributed by atoms with Crippen LogP contribution in [0.15, 0.2) is 0 Å². The van der Waals surface area contributed by atoms with Crippen molar-refractivity contribution in [2.24, 2.45) is 0 Å². The van der Waals surface area contributed by atoms with E-state index in [2.05, 4.69) is 0 Å². The zero-order valence-electron chi connectivity index (χ0n) is 4.39. The normalized spacial score (nSPS) is 9.22. The van der Waals surface area contributed by atoms with E-state index in [1.165, 1.54) is 0 Å². The van der Waals surface area contributed by atoms with E-state index in [0.29, 0.717) is 0 Å². The van der Waals surface area contributed by atoms with Crippen LogP contribution in [0.1, 0.15) is 0 Å². The summed E-state index contributed by atoms with van der Waals surface area (Å²) in [4.78, 5) is 0. The van der Waals surface area contributed by atoms with Crippen LogP contribution in [0.4, 0.5) is 13.4 Å². The van der Waals surface area contributed by atoms with Crippen LogP contribution < -0.4 is 0 Å². The molecule has 0 aromatic carbocycles. The number of nitriles is 1. The Morgan fingerprint density at radius 1 is 1.22 bits per heavy atom. The smallest absolute Gasteiger partial charge is 0.170 e. The second-order valence-corrected chi connectivity index (χ2v) is 1.21. The van der Waals surface area contributed by atoms with E-state index in [0.717, 1.165) is 6.19 Å². The van der Waals surface area contributed by atoms with Gasteiger partial charge in [0.05, 0.1) is 13.1 Å². The summed E-state index contributed by atoms with van der Waals surface area (Å²) in [6.07, 6.45) is 1.03. The first-order valence-electron chi connectivity index (χ1n) is 2.09. The van der Waals surface area contributed by atoms with E-state index in [1.807, 2.05) is 0 Å². The highest BCUT2D eigenvalue weighted by atomic mass is 19.4. The highest BCUT2D eigenvalue weighted by Gasteiger charge is 2.02. The van der Waals surface area contributed by atoms with E-state index >= 15 is 0 Å². The highest BCUT2D eigenvalue weighted by Crippen LogP contribution is 1.90. The van der Waals surface area contributed by atoms with Crippen molar-refractivity contribution in [2.75, 3.05) is 13.1 Å². The van der Waals surface area contributed by atoms with Gasteiger partial charge in [-0.2, -0.15) is 5.26 Å². The largest absolute Gasteiger partial charge is 0.210 e. The standard InChI is InChI=1S/C3H4F3N3/c4-8(3-7)1-2-9(5)6/h1-2H2. The molecule has 0 heterocycles. The van der Waals surface area contributed by atoms with Crippen molar-refractivity contribution in [3.63, 3.8) is 0 Å².